The van der Waals surface area contributed by atoms with Gasteiger partial charge in [0.15, 0.2) is 10.9 Å². The van der Waals surface area contributed by atoms with Gasteiger partial charge < -0.3 is 24.2 Å². The van der Waals surface area contributed by atoms with Crippen LogP contribution < -0.4 is 10.9 Å². The van der Waals surface area contributed by atoms with E-state index in [-0.39, 0.29) is 21.9 Å². The Morgan fingerprint density at radius 3 is 1.50 bits per heavy atom. The maximum absolute atomic E-state index is 12.2. The van der Waals surface area contributed by atoms with Crippen LogP contribution in [0, 0.1) is 0 Å². The summed E-state index contributed by atoms with van der Waals surface area (Å²) in [5.74, 6) is -3.48. The first kappa shape index (κ1) is 22.9. The second-order valence-electron chi connectivity index (χ2n) is 7.95. The van der Waals surface area contributed by atoms with Gasteiger partial charge in [0.1, 0.15) is 11.2 Å². The molecule has 174 valence electrons. The van der Waals surface area contributed by atoms with E-state index in [0.29, 0.717) is 25.7 Å². The summed E-state index contributed by atoms with van der Waals surface area (Å²) >= 11 is 0. The van der Waals surface area contributed by atoms with Crippen molar-refractivity contribution >= 4 is 33.9 Å². The van der Waals surface area contributed by atoms with Crippen LogP contribution in [0.3, 0.4) is 0 Å². The Morgan fingerprint density at radius 2 is 1.12 bits per heavy atom. The van der Waals surface area contributed by atoms with Crippen molar-refractivity contribution in [2.75, 3.05) is 0 Å². The Labute approximate surface area is 191 Å². The third kappa shape index (κ3) is 4.89. The molecule has 0 spiro atoms. The van der Waals surface area contributed by atoms with Gasteiger partial charge in [-0.1, -0.05) is 12.1 Å². The monoisotopic (exact) mass is 464 g/mol. The molecule has 0 saturated heterocycles. The molecule has 0 radical (unpaired) electrons. The van der Waals surface area contributed by atoms with Crippen molar-refractivity contribution in [3.05, 3.63) is 91.6 Å². The summed E-state index contributed by atoms with van der Waals surface area (Å²) in [4.78, 5) is 46.4. The standard InChI is InChI=1S/C25H20O9/c26-15(5-1-13-3-7-20-16(9-13)18(27)11-22(33-20)24(29)30)6-2-14-4-8-21-17(10-14)19(28)12-23(34-21)25(31)32/h3-4,7-12,15,26H,1-2,5-6H2,(H,29,30)(H,31,32). The molecule has 0 unspecified atom stereocenters. The molecule has 9 nitrogen and oxygen atoms in total. The normalized spacial score (nSPS) is 11.4. The molecule has 0 aliphatic carbocycles. The molecule has 0 bridgehead atoms. The number of aromatic carboxylic acids is 2. The number of hydrogen-bond acceptors (Lipinski definition) is 7. The number of hydrogen-bond donors (Lipinski definition) is 3. The zero-order valence-corrected chi connectivity index (χ0v) is 17.8. The average Bonchev–Trinajstić information content (AvgIpc) is 2.81. The molecular weight excluding hydrogens is 444 g/mol. The summed E-state index contributed by atoms with van der Waals surface area (Å²) in [6, 6.07) is 11.7. The Hall–Kier alpha value is -4.24. The molecule has 3 N–H and O–H groups in total. The van der Waals surface area contributed by atoms with E-state index in [0.717, 1.165) is 23.3 Å². The molecule has 4 rings (SSSR count). The minimum Gasteiger partial charge on any atom is -0.475 e. The van der Waals surface area contributed by atoms with E-state index in [1.54, 1.807) is 36.4 Å². The molecule has 2 heterocycles. The smallest absolute Gasteiger partial charge is 0.371 e. The summed E-state index contributed by atoms with van der Waals surface area (Å²) in [5.41, 5.74) is 1.09. The number of carboxylic acids is 2. The third-order valence-corrected chi connectivity index (χ3v) is 5.54. The van der Waals surface area contributed by atoms with Crippen LogP contribution in [0.1, 0.15) is 45.1 Å². The predicted octanol–water partition coefficient (Wildman–Crippen LogP) is 3.22. The van der Waals surface area contributed by atoms with Gasteiger partial charge in [-0.15, -0.1) is 0 Å². The molecule has 2 aromatic carbocycles. The lowest BCUT2D eigenvalue weighted by atomic mass is 9.99. The maximum Gasteiger partial charge on any atom is 0.371 e. The summed E-state index contributed by atoms with van der Waals surface area (Å²) < 4.78 is 10.4. The van der Waals surface area contributed by atoms with E-state index in [1.165, 1.54) is 0 Å². The Morgan fingerprint density at radius 1 is 0.706 bits per heavy atom. The molecule has 0 atom stereocenters. The zero-order chi connectivity index (χ0) is 24.4. The first-order chi connectivity index (χ1) is 16.2. The van der Waals surface area contributed by atoms with E-state index >= 15 is 0 Å². The molecular formula is C25H20O9. The van der Waals surface area contributed by atoms with Crippen molar-refractivity contribution in [1.82, 2.24) is 0 Å². The topological polar surface area (TPSA) is 155 Å². The first-order valence-electron chi connectivity index (χ1n) is 10.5. The molecule has 4 aromatic rings. The lowest BCUT2D eigenvalue weighted by molar-refractivity contribution is 0.0653. The minimum absolute atomic E-state index is 0.186. The number of aliphatic hydroxyl groups is 1. The van der Waals surface area contributed by atoms with E-state index in [2.05, 4.69) is 0 Å². The highest BCUT2D eigenvalue weighted by molar-refractivity contribution is 5.88. The van der Waals surface area contributed by atoms with Crippen molar-refractivity contribution in [3.8, 4) is 0 Å². The van der Waals surface area contributed by atoms with Crippen LogP contribution in [-0.2, 0) is 12.8 Å². The molecule has 2 aromatic heterocycles. The van der Waals surface area contributed by atoms with E-state index in [9.17, 15) is 24.3 Å². The van der Waals surface area contributed by atoms with Crippen LogP contribution >= 0.6 is 0 Å². The SMILES string of the molecule is O=C(O)c1cc(=O)c2cc(CCC(O)CCc3ccc4oc(C(=O)O)cc(=O)c4c3)ccc2o1. The first-order valence-corrected chi connectivity index (χ1v) is 10.5. The number of benzene rings is 2. The van der Waals surface area contributed by atoms with Crippen molar-refractivity contribution < 1.29 is 33.7 Å². The van der Waals surface area contributed by atoms with Gasteiger partial charge >= 0.3 is 11.9 Å². The van der Waals surface area contributed by atoms with Gasteiger partial charge in [0, 0.05) is 12.1 Å². The van der Waals surface area contributed by atoms with Crippen LogP contribution in [0.25, 0.3) is 21.9 Å². The van der Waals surface area contributed by atoms with Crippen molar-refractivity contribution in [2.45, 2.75) is 31.8 Å². The highest BCUT2D eigenvalue weighted by atomic mass is 16.4. The highest BCUT2D eigenvalue weighted by Gasteiger charge is 2.13. The minimum atomic E-state index is -1.32. The number of rotatable bonds is 8. The van der Waals surface area contributed by atoms with Gasteiger partial charge in [-0.2, -0.15) is 0 Å². The molecule has 0 aliphatic heterocycles. The quantitative estimate of drug-likeness (QED) is 0.356. The summed E-state index contributed by atoms with van der Waals surface area (Å²) in [7, 11) is 0. The maximum atomic E-state index is 12.2. The molecule has 34 heavy (non-hydrogen) atoms. The summed E-state index contributed by atoms with van der Waals surface area (Å²) in [5, 5.41) is 29.0. The number of aliphatic hydroxyl groups excluding tert-OH is 1. The van der Waals surface area contributed by atoms with Gasteiger partial charge in [0.05, 0.1) is 16.9 Å². The number of carboxylic acid groups (broad SMARTS) is 2. The largest absolute Gasteiger partial charge is 0.475 e. The Bertz CT molecular complexity index is 1410. The Kier molecular flexibility index (Phi) is 6.29. The lowest BCUT2D eigenvalue weighted by Gasteiger charge is -2.11. The van der Waals surface area contributed by atoms with Gasteiger partial charge in [-0.05, 0) is 61.1 Å². The van der Waals surface area contributed by atoms with E-state index in [4.69, 9.17) is 19.0 Å². The van der Waals surface area contributed by atoms with Crippen LogP contribution in [0.15, 0.2) is 67.0 Å². The van der Waals surface area contributed by atoms with Gasteiger partial charge in [0.25, 0.3) is 0 Å². The second kappa shape index (κ2) is 9.32. The fourth-order valence-electron chi connectivity index (χ4n) is 3.74. The molecule has 0 aliphatic rings. The van der Waals surface area contributed by atoms with Crippen molar-refractivity contribution in [2.24, 2.45) is 0 Å². The van der Waals surface area contributed by atoms with E-state index in [1.807, 2.05) is 0 Å². The van der Waals surface area contributed by atoms with Crippen molar-refractivity contribution in [3.63, 3.8) is 0 Å². The fourth-order valence-corrected chi connectivity index (χ4v) is 3.74. The van der Waals surface area contributed by atoms with Gasteiger partial charge in [0.2, 0.25) is 11.5 Å². The Balaban J connectivity index is 1.40. The van der Waals surface area contributed by atoms with Crippen molar-refractivity contribution in [1.29, 1.82) is 0 Å². The van der Waals surface area contributed by atoms with Crippen LogP contribution in [-0.4, -0.2) is 33.4 Å². The lowest BCUT2D eigenvalue weighted by Crippen LogP contribution is -2.10. The third-order valence-electron chi connectivity index (χ3n) is 5.54. The molecule has 0 fully saturated rings. The number of fused-ring (bicyclic) bond motifs is 2. The number of aryl methyl sites for hydroxylation is 2. The molecule has 0 amide bonds. The highest BCUT2D eigenvalue weighted by Crippen LogP contribution is 2.19. The van der Waals surface area contributed by atoms with Crippen LogP contribution in [0.2, 0.25) is 0 Å². The van der Waals surface area contributed by atoms with E-state index < -0.39 is 40.4 Å². The second-order valence-corrected chi connectivity index (χ2v) is 7.95. The zero-order valence-electron chi connectivity index (χ0n) is 17.8. The average molecular weight is 464 g/mol. The van der Waals surface area contributed by atoms with Gasteiger partial charge in [-0.3, -0.25) is 9.59 Å². The predicted molar refractivity (Wildman–Crippen MR) is 122 cm³/mol. The molecule has 0 saturated carbocycles. The van der Waals surface area contributed by atoms with Gasteiger partial charge in [-0.25, -0.2) is 9.59 Å². The summed E-state index contributed by atoms with van der Waals surface area (Å²) in [6.07, 6.45) is 1.22. The molecule has 9 heteroatoms. The van der Waals surface area contributed by atoms with Crippen LogP contribution in [0.5, 0.6) is 0 Å². The fraction of sp³-hybridized carbons (Fsp3) is 0.200. The number of carbonyl (C=O) groups is 2. The van der Waals surface area contributed by atoms with Crippen LogP contribution in [0.4, 0.5) is 0 Å². The summed E-state index contributed by atoms with van der Waals surface area (Å²) in [6.45, 7) is 0.